The summed E-state index contributed by atoms with van der Waals surface area (Å²) in [5.74, 6) is -0.729. The Morgan fingerprint density at radius 1 is 1.26 bits per heavy atom. The molecule has 6 nitrogen and oxygen atoms in total. The van der Waals surface area contributed by atoms with Gasteiger partial charge in [-0.3, -0.25) is 4.79 Å². The second-order valence-corrected chi connectivity index (χ2v) is 5.33. The third-order valence-electron chi connectivity index (χ3n) is 3.73. The monoisotopic (exact) mass is 271 g/mol. The highest BCUT2D eigenvalue weighted by molar-refractivity contribution is 5.82. The first-order chi connectivity index (χ1) is 9.08. The summed E-state index contributed by atoms with van der Waals surface area (Å²) in [6.07, 6.45) is 1.57. The molecule has 2 aliphatic rings. The number of aliphatic carboxylic acids is 1. The van der Waals surface area contributed by atoms with Crippen molar-refractivity contribution in [3.8, 4) is 0 Å². The zero-order valence-electron chi connectivity index (χ0n) is 11.2. The van der Waals surface area contributed by atoms with Crippen LogP contribution in [0.3, 0.4) is 0 Å². The molecule has 0 aromatic carbocycles. The fraction of sp³-hybridized carbons (Fsp3) is 0.846. The van der Waals surface area contributed by atoms with E-state index >= 15 is 0 Å². The van der Waals surface area contributed by atoms with Gasteiger partial charge in [-0.15, -0.1) is 0 Å². The van der Waals surface area contributed by atoms with Crippen LogP contribution < -0.4 is 0 Å². The van der Waals surface area contributed by atoms with Gasteiger partial charge in [0.25, 0.3) is 5.91 Å². The zero-order chi connectivity index (χ0) is 13.8. The van der Waals surface area contributed by atoms with E-state index in [4.69, 9.17) is 14.6 Å². The van der Waals surface area contributed by atoms with Crippen LogP contribution in [-0.4, -0.2) is 60.9 Å². The average Bonchev–Trinajstić information content (AvgIpc) is 2.88. The molecule has 1 amide bonds. The first-order valence-electron chi connectivity index (χ1n) is 6.79. The number of hydrogen-bond donors (Lipinski definition) is 1. The molecular formula is C13H21NO5. The van der Waals surface area contributed by atoms with Gasteiger partial charge >= 0.3 is 5.97 Å². The molecule has 1 N–H and O–H groups in total. The van der Waals surface area contributed by atoms with Crippen LogP contribution >= 0.6 is 0 Å². The van der Waals surface area contributed by atoms with Crippen LogP contribution in [0.15, 0.2) is 0 Å². The van der Waals surface area contributed by atoms with Crippen molar-refractivity contribution in [1.29, 1.82) is 0 Å². The van der Waals surface area contributed by atoms with Crippen molar-refractivity contribution in [2.24, 2.45) is 5.92 Å². The van der Waals surface area contributed by atoms with E-state index in [1.807, 2.05) is 0 Å². The van der Waals surface area contributed by atoms with Crippen LogP contribution in [0.25, 0.3) is 0 Å². The van der Waals surface area contributed by atoms with E-state index < -0.39 is 18.2 Å². The Bertz CT molecular complexity index is 340. The number of hydrogen-bond acceptors (Lipinski definition) is 4. The van der Waals surface area contributed by atoms with E-state index in [0.717, 1.165) is 19.4 Å². The maximum Gasteiger partial charge on any atom is 0.332 e. The van der Waals surface area contributed by atoms with Crippen LogP contribution in [0.1, 0.15) is 25.7 Å². The minimum atomic E-state index is -0.987. The predicted octanol–water partition coefficient (Wildman–Crippen LogP) is 0.504. The summed E-state index contributed by atoms with van der Waals surface area (Å²) in [4.78, 5) is 24.6. The van der Waals surface area contributed by atoms with Crippen molar-refractivity contribution in [3.63, 3.8) is 0 Å². The SMILES string of the molecule is CN(CC1CCCOC1)C(=O)C1CCC(C(=O)O)O1. The van der Waals surface area contributed by atoms with Crippen molar-refractivity contribution >= 4 is 11.9 Å². The molecule has 0 spiro atoms. The Hall–Kier alpha value is -1.14. The summed E-state index contributed by atoms with van der Waals surface area (Å²) in [7, 11) is 1.74. The molecule has 0 aromatic heterocycles. The average molecular weight is 271 g/mol. The third-order valence-corrected chi connectivity index (χ3v) is 3.73. The number of amides is 1. The highest BCUT2D eigenvalue weighted by Crippen LogP contribution is 2.22. The number of carboxylic acids is 1. The van der Waals surface area contributed by atoms with Crippen LogP contribution in [0.2, 0.25) is 0 Å². The second kappa shape index (κ2) is 6.34. The summed E-state index contributed by atoms with van der Waals surface area (Å²) in [5, 5.41) is 8.85. The van der Waals surface area contributed by atoms with E-state index in [0.29, 0.717) is 31.9 Å². The standard InChI is InChI=1S/C13H21NO5/c1-14(7-9-3-2-6-18-8-9)12(15)10-4-5-11(19-10)13(16)17/h9-11H,2-8H2,1H3,(H,16,17). The van der Waals surface area contributed by atoms with E-state index in [9.17, 15) is 9.59 Å². The number of carbonyl (C=O) groups excluding carboxylic acids is 1. The first kappa shape index (κ1) is 14.3. The maximum atomic E-state index is 12.2. The van der Waals surface area contributed by atoms with Gasteiger partial charge in [0.2, 0.25) is 0 Å². The minimum Gasteiger partial charge on any atom is -0.479 e. The smallest absolute Gasteiger partial charge is 0.332 e. The van der Waals surface area contributed by atoms with Crippen LogP contribution in [-0.2, 0) is 19.1 Å². The molecule has 3 atom stereocenters. The summed E-state index contributed by atoms with van der Waals surface area (Å²) in [6, 6.07) is 0. The Morgan fingerprint density at radius 2 is 2.00 bits per heavy atom. The summed E-state index contributed by atoms with van der Waals surface area (Å²) >= 11 is 0. The van der Waals surface area contributed by atoms with Crippen LogP contribution in [0.5, 0.6) is 0 Å². The lowest BCUT2D eigenvalue weighted by atomic mass is 10.0. The number of carbonyl (C=O) groups is 2. The fourth-order valence-electron chi connectivity index (χ4n) is 2.67. The van der Waals surface area contributed by atoms with Gasteiger partial charge in [0.1, 0.15) is 6.10 Å². The summed E-state index contributed by atoms with van der Waals surface area (Å²) in [6.45, 7) is 2.15. The van der Waals surface area contributed by atoms with Gasteiger partial charge in [-0.25, -0.2) is 4.79 Å². The van der Waals surface area contributed by atoms with E-state index in [2.05, 4.69) is 0 Å². The minimum absolute atomic E-state index is 0.116. The number of rotatable bonds is 4. The molecule has 2 saturated heterocycles. The molecule has 2 rings (SSSR count). The first-order valence-corrected chi connectivity index (χ1v) is 6.79. The molecule has 2 fully saturated rings. The second-order valence-electron chi connectivity index (χ2n) is 5.33. The molecule has 0 aliphatic carbocycles. The Labute approximate surface area is 112 Å². The van der Waals surface area contributed by atoms with Gasteiger partial charge < -0.3 is 19.5 Å². The van der Waals surface area contributed by atoms with Crippen LogP contribution in [0, 0.1) is 5.92 Å². The molecule has 108 valence electrons. The number of likely N-dealkylation sites (N-methyl/N-ethyl adjacent to an activating group) is 1. The Balaban J connectivity index is 1.80. The maximum absolute atomic E-state index is 12.2. The molecule has 3 unspecified atom stereocenters. The molecule has 0 aromatic rings. The fourth-order valence-corrected chi connectivity index (χ4v) is 2.67. The molecule has 19 heavy (non-hydrogen) atoms. The van der Waals surface area contributed by atoms with Gasteiger partial charge in [0.15, 0.2) is 6.10 Å². The predicted molar refractivity (Wildman–Crippen MR) is 66.7 cm³/mol. The van der Waals surface area contributed by atoms with E-state index in [-0.39, 0.29) is 5.91 Å². The van der Waals surface area contributed by atoms with E-state index in [1.165, 1.54) is 0 Å². The highest BCUT2D eigenvalue weighted by Gasteiger charge is 2.36. The van der Waals surface area contributed by atoms with Crippen molar-refractivity contribution in [2.75, 3.05) is 26.8 Å². The zero-order valence-corrected chi connectivity index (χ0v) is 11.2. The van der Waals surface area contributed by atoms with Crippen molar-refractivity contribution in [1.82, 2.24) is 4.90 Å². The Kier molecular flexibility index (Phi) is 4.76. The van der Waals surface area contributed by atoms with Gasteiger partial charge in [-0.1, -0.05) is 0 Å². The molecule has 0 radical (unpaired) electrons. The lowest BCUT2D eigenvalue weighted by Crippen LogP contribution is -2.41. The van der Waals surface area contributed by atoms with Gasteiger partial charge in [-0.2, -0.15) is 0 Å². The van der Waals surface area contributed by atoms with Gasteiger partial charge in [-0.05, 0) is 31.6 Å². The molecule has 0 saturated carbocycles. The lowest BCUT2D eigenvalue weighted by molar-refractivity contribution is -0.154. The molecule has 2 aliphatic heterocycles. The largest absolute Gasteiger partial charge is 0.479 e. The van der Waals surface area contributed by atoms with E-state index in [1.54, 1.807) is 11.9 Å². The normalized spacial score (nSPS) is 31.1. The Morgan fingerprint density at radius 3 is 2.58 bits per heavy atom. The molecule has 2 heterocycles. The lowest BCUT2D eigenvalue weighted by Gasteiger charge is -2.28. The molecule has 6 heteroatoms. The van der Waals surface area contributed by atoms with Gasteiger partial charge in [0.05, 0.1) is 6.61 Å². The van der Waals surface area contributed by atoms with Crippen molar-refractivity contribution < 1.29 is 24.2 Å². The van der Waals surface area contributed by atoms with Crippen molar-refractivity contribution in [3.05, 3.63) is 0 Å². The number of nitrogens with zero attached hydrogens (tertiary/aromatic N) is 1. The third kappa shape index (κ3) is 3.67. The van der Waals surface area contributed by atoms with Crippen LogP contribution in [0.4, 0.5) is 0 Å². The number of ether oxygens (including phenoxy) is 2. The van der Waals surface area contributed by atoms with Crippen molar-refractivity contribution in [2.45, 2.75) is 37.9 Å². The quantitative estimate of drug-likeness (QED) is 0.806. The molecule has 0 bridgehead atoms. The topological polar surface area (TPSA) is 76.1 Å². The summed E-state index contributed by atoms with van der Waals surface area (Å²) in [5.41, 5.74) is 0. The highest BCUT2D eigenvalue weighted by atomic mass is 16.5. The summed E-state index contributed by atoms with van der Waals surface area (Å²) < 4.78 is 10.7. The van der Waals surface area contributed by atoms with Gasteiger partial charge in [0, 0.05) is 20.2 Å². The number of carboxylic acid groups (broad SMARTS) is 1. The molecular weight excluding hydrogens is 250 g/mol.